The molecule has 2 aromatic rings. The van der Waals surface area contributed by atoms with Crippen molar-refractivity contribution in [2.24, 2.45) is 0 Å². The highest BCUT2D eigenvalue weighted by Crippen LogP contribution is 2.45. The number of rotatable bonds is 12. The van der Waals surface area contributed by atoms with Crippen LogP contribution in [-0.4, -0.2) is 52.0 Å². The van der Waals surface area contributed by atoms with Crippen LogP contribution in [0.1, 0.15) is 58.9 Å². The summed E-state index contributed by atoms with van der Waals surface area (Å²) in [6.07, 6.45) is 5.22. The van der Waals surface area contributed by atoms with E-state index in [9.17, 15) is 18.3 Å². The maximum absolute atomic E-state index is 14.3. The second-order valence-electron chi connectivity index (χ2n) is 9.28. The van der Waals surface area contributed by atoms with Crippen molar-refractivity contribution >= 4 is 0 Å². The maximum Gasteiger partial charge on any atom is 0.418 e. The zero-order valence-corrected chi connectivity index (χ0v) is 20.7. The maximum atomic E-state index is 14.3. The van der Waals surface area contributed by atoms with Gasteiger partial charge in [-0.25, -0.2) is 9.97 Å². The number of nitrogens with zero attached hydrogens (tertiary/aromatic N) is 3. The van der Waals surface area contributed by atoms with Crippen LogP contribution in [0.5, 0.6) is 5.75 Å². The highest BCUT2D eigenvalue weighted by atomic mass is 19.4. The van der Waals surface area contributed by atoms with Gasteiger partial charge in [-0.1, -0.05) is 46.3 Å². The molecule has 188 valence electrons. The minimum atomic E-state index is -4.81. The number of aliphatic hydroxyl groups is 1. The molecule has 0 fully saturated rings. The van der Waals surface area contributed by atoms with E-state index >= 15 is 0 Å². The topological polar surface area (TPSA) is 58.5 Å². The van der Waals surface area contributed by atoms with Gasteiger partial charge in [-0.15, -0.1) is 0 Å². The van der Waals surface area contributed by atoms with Gasteiger partial charge in [0.05, 0.1) is 13.7 Å². The van der Waals surface area contributed by atoms with Gasteiger partial charge in [0, 0.05) is 30.1 Å². The van der Waals surface area contributed by atoms with Crippen molar-refractivity contribution in [2.45, 2.75) is 70.6 Å². The summed E-state index contributed by atoms with van der Waals surface area (Å²) in [6, 6.07) is 5.33. The summed E-state index contributed by atoms with van der Waals surface area (Å²) in [5, 5.41) is 11.1. The molecule has 0 radical (unpaired) electrons. The Morgan fingerprint density at radius 2 is 1.74 bits per heavy atom. The third kappa shape index (κ3) is 6.95. The fraction of sp³-hybridized carbons (Fsp3) is 0.538. The zero-order valence-electron chi connectivity index (χ0n) is 20.7. The van der Waals surface area contributed by atoms with E-state index in [-0.39, 0.29) is 0 Å². The van der Waals surface area contributed by atoms with E-state index in [4.69, 9.17) is 4.74 Å². The molecule has 5 nitrogen and oxygen atoms in total. The smallest absolute Gasteiger partial charge is 0.418 e. The molecule has 1 aromatic carbocycles. The van der Waals surface area contributed by atoms with Crippen molar-refractivity contribution in [1.29, 1.82) is 0 Å². The lowest BCUT2D eigenvalue weighted by molar-refractivity contribution is -0.270. The molecule has 2 rings (SSSR count). The van der Waals surface area contributed by atoms with Gasteiger partial charge < -0.3 is 14.7 Å². The van der Waals surface area contributed by atoms with Gasteiger partial charge in [0.2, 0.25) is 0 Å². The lowest BCUT2D eigenvalue weighted by atomic mass is 9.73. The Hall–Kier alpha value is -2.61. The zero-order chi connectivity index (χ0) is 25.4. The Kier molecular flexibility index (Phi) is 9.50. The van der Waals surface area contributed by atoms with Gasteiger partial charge in [-0.05, 0) is 48.6 Å². The van der Waals surface area contributed by atoms with Crippen LogP contribution >= 0.6 is 0 Å². The van der Waals surface area contributed by atoms with Gasteiger partial charge >= 0.3 is 6.18 Å². The third-order valence-electron chi connectivity index (χ3n) is 5.83. The third-order valence-corrected chi connectivity index (χ3v) is 5.83. The van der Waals surface area contributed by atoms with Crippen molar-refractivity contribution < 1.29 is 23.0 Å². The number of allylic oxidation sites excluding steroid dienone is 1. The second-order valence-corrected chi connectivity index (χ2v) is 9.28. The van der Waals surface area contributed by atoms with Gasteiger partial charge in [-0.2, -0.15) is 13.2 Å². The molecule has 1 N–H and O–H groups in total. The molecule has 34 heavy (non-hydrogen) atoms. The summed E-state index contributed by atoms with van der Waals surface area (Å²) in [6.45, 7) is 7.19. The molecule has 0 spiro atoms. The Morgan fingerprint density at radius 1 is 1.06 bits per heavy atom. The number of hydrogen-bond donors (Lipinski definition) is 1. The largest absolute Gasteiger partial charge is 0.496 e. The number of aromatic nitrogens is 2. The van der Waals surface area contributed by atoms with Crippen molar-refractivity contribution in [3.63, 3.8) is 0 Å². The quantitative estimate of drug-likeness (QED) is 0.396. The molecule has 0 aliphatic carbocycles. The number of unbranched alkanes of at least 4 members (excludes halogenated alkanes) is 1. The lowest BCUT2D eigenvalue weighted by Crippen LogP contribution is -2.55. The fourth-order valence-electron chi connectivity index (χ4n) is 4.16. The molecule has 0 saturated heterocycles. The average molecular weight is 480 g/mol. The Bertz CT molecular complexity index is 933. The van der Waals surface area contributed by atoms with E-state index in [0.29, 0.717) is 24.3 Å². The van der Waals surface area contributed by atoms with Crippen LogP contribution in [-0.2, 0) is 5.41 Å². The van der Waals surface area contributed by atoms with Crippen molar-refractivity contribution in [2.75, 3.05) is 20.2 Å². The van der Waals surface area contributed by atoms with Gasteiger partial charge in [-0.3, -0.25) is 0 Å². The Balaban J connectivity index is 2.46. The molecule has 1 unspecified atom stereocenters. The summed E-state index contributed by atoms with van der Waals surface area (Å²) in [7, 11) is 1.48. The normalized spacial score (nSPS) is 14.3. The number of alkyl halides is 3. The molecule has 0 aliphatic rings. The number of ether oxygens (including phenoxy) is 1. The molecule has 0 saturated carbocycles. The molecule has 0 bridgehead atoms. The van der Waals surface area contributed by atoms with Crippen molar-refractivity contribution in [3.05, 3.63) is 54.8 Å². The molecule has 0 aliphatic heterocycles. The predicted molar refractivity (Wildman–Crippen MR) is 129 cm³/mol. The average Bonchev–Trinajstić information content (AvgIpc) is 2.78. The molecule has 0 amide bonds. The first kappa shape index (κ1) is 27.6. The number of methoxy groups -OCH3 is 1. The summed E-state index contributed by atoms with van der Waals surface area (Å²) >= 11 is 0. The van der Waals surface area contributed by atoms with Gasteiger partial charge in [0.1, 0.15) is 12.1 Å². The van der Waals surface area contributed by atoms with E-state index < -0.39 is 30.2 Å². The Morgan fingerprint density at radius 3 is 2.29 bits per heavy atom. The van der Waals surface area contributed by atoms with Crippen LogP contribution in [0.25, 0.3) is 11.1 Å². The summed E-state index contributed by atoms with van der Waals surface area (Å²) in [4.78, 5) is 9.61. The summed E-state index contributed by atoms with van der Waals surface area (Å²) in [5.41, 5.74) is -1.91. The SMILES string of the molecule is CCC/C=C\N(CCC)CC(O)(CC(C)(C)c1cc(-c2cncnc2)ccc1OC)C(F)(F)F. The first-order valence-corrected chi connectivity index (χ1v) is 11.6. The molecular formula is C26H36F3N3O2. The standard InChI is InChI=1S/C26H36F3N3O2/c1-6-8-9-13-32(12-7-2)18-25(33,26(27,28)29)17-24(3,4)22-14-20(10-11-23(22)34-5)21-15-30-19-31-16-21/h9-11,13-16,19,33H,6-8,12,17-18H2,1-5H3/b13-9-. The molecule has 1 atom stereocenters. The van der Waals surface area contributed by atoms with Crippen molar-refractivity contribution in [3.8, 4) is 16.9 Å². The van der Waals surface area contributed by atoms with E-state index in [0.717, 1.165) is 24.0 Å². The van der Waals surface area contributed by atoms with Crippen LogP contribution in [0.2, 0.25) is 0 Å². The summed E-state index contributed by atoms with van der Waals surface area (Å²) in [5.74, 6) is 0.461. The highest BCUT2D eigenvalue weighted by molar-refractivity contribution is 5.65. The number of benzene rings is 1. The monoisotopic (exact) mass is 479 g/mol. The van der Waals surface area contributed by atoms with Gasteiger partial charge in [0.15, 0.2) is 5.60 Å². The minimum Gasteiger partial charge on any atom is -0.496 e. The molecule has 8 heteroatoms. The number of hydrogen-bond acceptors (Lipinski definition) is 5. The first-order valence-electron chi connectivity index (χ1n) is 11.6. The van der Waals surface area contributed by atoms with Crippen LogP contribution in [0.3, 0.4) is 0 Å². The second kappa shape index (κ2) is 11.7. The van der Waals surface area contributed by atoms with E-state index in [2.05, 4.69) is 9.97 Å². The van der Waals surface area contributed by atoms with Crippen LogP contribution in [0.15, 0.2) is 49.2 Å². The lowest BCUT2D eigenvalue weighted by Gasteiger charge is -2.41. The molecule has 1 heterocycles. The first-order chi connectivity index (χ1) is 16.0. The summed E-state index contributed by atoms with van der Waals surface area (Å²) < 4.78 is 48.4. The number of halogens is 3. The van der Waals surface area contributed by atoms with E-state index in [1.54, 1.807) is 49.5 Å². The van der Waals surface area contributed by atoms with Gasteiger partial charge in [0.25, 0.3) is 0 Å². The van der Waals surface area contributed by atoms with E-state index in [1.807, 2.05) is 26.0 Å². The molecular weight excluding hydrogens is 443 g/mol. The fourth-order valence-corrected chi connectivity index (χ4v) is 4.16. The highest BCUT2D eigenvalue weighted by Gasteiger charge is 2.56. The minimum absolute atomic E-state index is 0.422. The van der Waals surface area contributed by atoms with Crippen LogP contribution < -0.4 is 4.74 Å². The molecule has 1 aromatic heterocycles. The van der Waals surface area contributed by atoms with Crippen molar-refractivity contribution in [1.82, 2.24) is 14.9 Å². The predicted octanol–water partition coefficient (Wildman–Crippen LogP) is 6.14. The van der Waals surface area contributed by atoms with Crippen LogP contribution in [0, 0.1) is 0 Å². The van der Waals surface area contributed by atoms with Crippen LogP contribution in [0.4, 0.5) is 13.2 Å². The van der Waals surface area contributed by atoms with E-state index in [1.165, 1.54) is 13.4 Å². The Labute approximate surface area is 200 Å².